The zero-order valence-corrected chi connectivity index (χ0v) is 18.2. The van der Waals surface area contributed by atoms with Gasteiger partial charge in [0.2, 0.25) is 0 Å². The van der Waals surface area contributed by atoms with Crippen LogP contribution in [0.3, 0.4) is 0 Å². The Bertz CT molecular complexity index is 1390. The van der Waals surface area contributed by atoms with Gasteiger partial charge in [-0.3, -0.25) is 4.79 Å². The number of rotatable bonds is 1. The molecule has 0 amide bonds. The Kier molecular flexibility index (Phi) is 3.96. The number of hydrogen-bond acceptors (Lipinski definition) is 5. The minimum Gasteiger partial charge on any atom is -0.460 e. The molecule has 2 atom stereocenters. The molecule has 1 aliphatic carbocycles. The quantitative estimate of drug-likeness (QED) is 0.346. The monoisotopic (exact) mass is 435 g/mol. The van der Waals surface area contributed by atoms with Gasteiger partial charge in [0.25, 0.3) is 0 Å². The molecule has 2 N–H and O–H groups in total. The molecular weight excluding hydrogens is 413 g/mol. The molecule has 158 valence electrons. The molecule has 0 fully saturated rings. The Balaban J connectivity index is 1.69. The zero-order valence-electron chi connectivity index (χ0n) is 17.4. The highest BCUT2D eigenvalue weighted by Gasteiger charge is 2.35. The summed E-state index contributed by atoms with van der Waals surface area (Å²) in [6.07, 6.45) is 2.18. The van der Waals surface area contributed by atoms with Gasteiger partial charge in [0, 0.05) is 28.6 Å². The predicted octanol–water partition coefficient (Wildman–Crippen LogP) is 4.74. The molecule has 0 saturated carbocycles. The van der Waals surface area contributed by atoms with Crippen LogP contribution in [0.25, 0.3) is 22.3 Å². The number of nitrogens with two attached hydrogens (primary N) is 1. The Morgan fingerprint density at radius 1 is 1.32 bits per heavy atom. The van der Waals surface area contributed by atoms with E-state index in [-0.39, 0.29) is 30.4 Å². The van der Waals surface area contributed by atoms with Gasteiger partial charge in [0.1, 0.15) is 17.1 Å². The van der Waals surface area contributed by atoms with Gasteiger partial charge in [-0.15, -0.1) is 0 Å². The topological polar surface area (TPSA) is 70.1 Å². The van der Waals surface area contributed by atoms with Gasteiger partial charge in [-0.2, -0.15) is 0 Å². The number of ether oxygens (including phenoxy) is 1. The number of benzene rings is 1. The van der Waals surface area contributed by atoms with E-state index in [0.29, 0.717) is 28.7 Å². The van der Waals surface area contributed by atoms with Crippen LogP contribution in [-0.4, -0.2) is 15.5 Å². The number of hydrogen-bond donors (Lipinski definition) is 1. The molecule has 0 bridgehead atoms. The zero-order chi connectivity index (χ0) is 21.6. The third kappa shape index (κ3) is 2.41. The van der Waals surface area contributed by atoms with E-state index >= 15 is 0 Å². The fourth-order valence-corrected chi connectivity index (χ4v) is 5.95. The van der Waals surface area contributed by atoms with Gasteiger partial charge in [-0.05, 0) is 54.5 Å². The average Bonchev–Trinajstić information content (AvgIpc) is 3.11. The van der Waals surface area contributed by atoms with E-state index in [1.807, 2.05) is 19.9 Å². The SMILES string of the molecule is CCC1C(=O)OCc2c1cc1n(c2=S)Cc2c-1nc1cc(F)c(C)c3c1c2C(N)CC3. The van der Waals surface area contributed by atoms with Crippen LogP contribution in [0.4, 0.5) is 4.39 Å². The van der Waals surface area contributed by atoms with Crippen molar-refractivity contribution in [2.24, 2.45) is 5.73 Å². The van der Waals surface area contributed by atoms with Crippen molar-refractivity contribution in [3.63, 3.8) is 0 Å². The van der Waals surface area contributed by atoms with E-state index in [9.17, 15) is 9.18 Å². The predicted molar refractivity (Wildman–Crippen MR) is 118 cm³/mol. The van der Waals surface area contributed by atoms with Gasteiger partial charge in [-0.1, -0.05) is 19.1 Å². The van der Waals surface area contributed by atoms with Crippen molar-refractivity contribution >= 4 is 29.1 Å². The van der Waals surface area contributed by atoms with Crippen LogP contribution in [0, 0.1) is 17.4 Å². The number of halogens is 1. The van der Waals surface area contributed by atoms with Gasteiger partial charge in [0.15, 0.2) is 0 Å². The summed E-state index contributed by atoms with van der Waals surface area (Å²) >= 11 is 5.84. The van der Waals surface area contributed by atoms with E-state index < -0.39 is 0 Å². The number of carbonyl (C=O) groups excluding carboxylic acids is 1. The lowest BCUT2D eigenvalue weighted by atomic mass is 9.82. The summed E-state index contributed by atoms with van der Waals surface area (Å²) in [6.45, 7) is 4.60. The number of esters is 1. The molecular formula is C24H22FN3O2S. The highest BCUT2D eigenvalue weighted by molar-refractivity contribution is 7.71. The number of pyridine rings is 2. The van der Waals surface area contributed by atoms with Crippen LogP contribution in [0.15, 0.2) is 12.1 Å². The maximum absolute atomic E-state index is 14.7. The second-order valence-electron chi connectivity index (χ2n) is 8.78. The lowest BCUT2D eigenvalue weighted by Crippen LogP contribution is -2.24. The number of carbonyl (C=O) groups is 1. The molecule has 2 aromatic heterocycles. The molecule has 3 aliphatic rings. The minimum absolute atomic E-state index is 0.122. The molecule has 6 rings (SSSR count). The normalized spacial score (nSPS) is 21.0. The van der Waals surface area contributed by atoms with E-state index in [1.165, 1.54) is 6.07 Å². The summed E-state index contributed by atoms with van der Waals surface area (Å²) in [4.78, 5) is 17.3. The molecule has 0 spiro atoms. The number of cyclic esters (lactones) is 1. The van der Waals surface area contributed by atoms with Crippen LogP contribution in [0.5, 0.6) is 0 Å². The van der Waals surface area contributed by atoms with Gasteiger partial charge < -0.3 is 15.0 Å². The Labute approximate surface area is 184 Å². The van der Waals surface area contributed by atoms with Gasteiger partial charge in [0.05, 0.1) is 29.4 Å². The van der Waals surface area contributed by atoms with Crippen LogP contribution >= 0.6 is 12.2 Å². The summed E-state index contributed by atoms with van der Waals surface area (Å²) < 4.78 is 22.8. The Morgan fingerprint density at radius 3 is 2.90 bits per heavy atom. The first-order valence-corrected chi connectivity index (χ1v) is 11.1. The van der Waals surface area contributed by atoms with E-state index in [1.54, 1.807) is 0 Å². The molecule has 1 aromatic carbocycles. The summed E-state index contributed by atoms with van der Waals surface area (Å²) in [6, 6.07) is 3.44. The Hall–Kier alpha value is -2.64. The average molecular weight is 436 g/mol. The lowest BCUT2D eigenvalue weighted by Gasteiger charge is -2.26. The summed E-state index contributed by atoms with van der Waals surface area (Å²) in [5, 5.41) is 1.01. The van der Waals surface area contributed by atoms with Crippen molar-refractivity contribution in [2.75, 3.05) is 0 Å². The number of aromatic nitrogens is 2. The molecule has 2 aliphatic heterocycles. The lowest BCUT2D eigenvalue weighted by molar-refractivity contribution is -0.148. The van der Waals surface area contributed by atoms with Crippen LogP contribution < -0.4 is 5.73 Å². The van der Waals surface area contributed by atoms with E-state index in [4.69, 9.17) is 27.7 Å². The fourth-order valence-electron chi connectivity index (χ4n) is 5.61. The third-order valence-corrected chi connectivity index (χ3v) is 7.71. The van der Waals surface area contributed by atoms with Gasteiger partial charge in [-0.25, -0.2) is 9.37 Å². The van der Waals surface area contributed by atoms with Gasteiger partial charge >= 0.3 is 5.97 Å². The van der Waals surface area contributed by atoms with Crippen molar-refractivity contribution in [3.05, 3.63) is 56.0 Å². The minimum atomic E-state index is -0.326. The molecule has 4 heterocycles. The molecule has 7 heteroatoms. The summed E-state index contributed by atoms with van der Waals surface area (Å²) in [5.41, 5.74) is 14.6. The largest absolute Gasteiger partial charge is 0.460 e. The number of fused-ring (bicyclic) bond motifs is 5. The maximum Gasteiger partial charge on any atom is 0.313 e. The molecule has 3 aromatic rings. The van der Waals surface area contributed by atoms with Crippen molar-refractivity contribution in [2.45, 2.75) is 58.2 Å². The third-order valence-electron chi connectivity index (χ3n) is 7.24. The second-order valence-corrected chi connectivity index (χ2v) is 9.16. The first-order valence-electron chi connectivity index (χ1n) is 10.7. The molecule has 0 radical (unpaired) electrons. The van der Waals surface area contributed by atoms with Crippen molar-refractivity contribution in [3.8, 4) is 11.4 Å². The van der Waals surface area contributed by atoms with Crippen LogP contribution in [0.2, 0.25) is 0 Å². The van der Waals surface area contributed by atoms with Crippen molar-refractivity contribution in [1.82, 2.24) is 9.55 Å². The van der Waals surface area contributed by atoms with Crippen LogP contribution in [-0.2, 0) is 29.1 Å². The maximum atomic E-state index is 14.7. The highest BCUT2D eigenvalue weighted by Crippen LogP contribution is 2.45. The first-order chi connectivity index (χ1) is 14.9. The molecule has 2 unspecified atom stereocenters. The summed E-state index contributed by atoms with van der Waals surface area (Å²) in [5.74, 6) is -0.767. The molecule has 31 heavy (non-hydrogen) atoms. The highest BCUT2D eigenvalue weighted by atomic mass is 32.1. The van der Waals surface area contributed by atoms with E-state index in [2.05, 4.69) is 4.57 Å². The van der Waals surface area contributed by atoms with Crippen molar-refractivity contribution < 1.29 is 13.9 Å². The number of nitrogens with zero attached hydrogens (tertiary/aromatic N) is 2. The number of aryl methyl sites for hydroxylation is 1. The summed E-state index contributed by atoms with van der Waals surface area (Å²) in [7, 11) is 0. The van der Waals surface area contributed by atoms with E-state index in [0.717, 1.165) is 57.4 Å². The smallest absolute Gasteiger partial charge is 0.313 e. The standard InChI is InChI=1S/C24H22FN3O2S/c1-3-11-13-6-19-22-14(8-28(19)23(31)15(13)9-30-24(11)29)20-17(26)5-4-12-10(2)16(25)7-18(27-22)21(12)20/h6-7,11,17H,3-5,8-9,26H2,1-2H3. The molecule has 5 nitrogen and oxygen atoms in total. The van der Waals surface area contributed by atoms with Crippen LogP contribution in [0.1, 0.15) is 65.1 Å². The second kappa shape index (κ2) is 6.43. The Morgan fingerprint density at radius 2 is 2.13 bits per heavy atom. The van der Waals surface area contributed by atoms with Crippen molar-refractivity contribution in [1.29, 1.82) is 0 Å². The molecule has 0 saturated heterocycles. The fraction of sp³-hybridized carbons (Fsp3) is 0.375. The first kappa shape index (κ1) is 19.1.